The van der Waals surface area contributed by atoms with Crippen LogP contribution in [0.4, 0.5) is 11.4 Å². The molecule has 3 aromatic rings. The Hall–Kier alpha value is -3.19. The number of hydrogen-bond acceptors (Lipinski definition) is 4. The van der Waals surface area contributed by atoms with Crippen LogP contribution in [0.5, 0.6) is 0 Å². The molecular weight excluding hydrogens is 424 g/mol. The summed E-state index contributed by atoms with van der Waals surface area (Å²) in [5.74, 6) is 0.00258. The number of hydrogen-bond donors (Lipinski definition) is 1. The van der Waals surface area contributed by atoms with E-state index in [0.717, 1.165) is 4.90 Å². The van der Waals surface area contributed by atoms with Crippen molar-refractivity contribution in [2.75, 3.05) is 10.2 Å². The lowest BCUT2D eigenvalue weighted by molar-refractivity contribution is 0.0925. The van der Waals surface area contributed by atoms with Crippen LogP contribution in [-0.4, -0.2) is 17.7 Å². The fourth-order valence-corrected chi connectivity index (χ4v) is 3.80. The van der Waals surface area contributed by atoms with Crippen molar-refractivity contribution in [2.24, 2.45) is 0 Å². The van der Waals surface area contributed by atoms with Gasteiger partial charge in [-0.05, 0) is 60.1 Å². The standard InChI is InChI=1S/C21H15BrN2O4/c1-11-17(18(22)12(2)28-11)19(25)23-13-6-5-7-14(10-13)24-20(26)15-8-3-4-9-16(15)21(24)27/h3-10H,1-2H3,(H,23,25). The number of halogens is 1. The van der Waals surface area contributed by atoms with E-state index in [1.807, 2.05) is 0 Å². The molecule has 1 aromatic heterocycles. The second-order valence-electron chi connectivity index (χ2n) is 6.40. The molecule has 0 bridgehead atoms. The Bertz CT molecular complexity index is 1110. The van der Waals surface area contributed by atoms with E-state index in [4.69, 9.17) is 4.42 Å². The third-order valence-electron chi connectivity index (χ3n) is 4.57. The van der Waals surface area contributed by atoms with Gasteiger partial charge in [-0.3, -0.25) is 14.4 Å². The Kier molecular flexibility index (Phi) is 4.39. The lowest BCUT2D eigenvalue weighted by atomic mass is 10.1. The number of carbonyl (C=O) groups is 3. The lowest BCUT2D eigenvalue weighted by Crippen LogP contribution is -2.29. The van der Waals surface area contributed by atoms with Crippen LogP contribution in [0.3, 0.4) is 0 Å². The predicted octanol–water partition coefficient (Wildman–Crippen LogP) is 4.71. The average Bonchev–Trinajstić information content (AvgIpc) is 3.08. The van der Waals surface area contributed by atoms with Gasteiger partial charge in [-0.25, -0.2) is 4.90 Å². The molecule has 28 heavy (non-hydrogen) atoms. The smallest absolute Gasteiger partial charge is 0.266 e. The molecule has 0 spiro atoms. The number of fused-ring (bicyclic) bond motifs is 1. The summed E-state index contributed by atoms with van der Waals surface area (Å²) in [6.07, 6.45) is 0. The summed E-state index contributed by atoms with van der Waals surface area (Å²) in [7, 11) is 0. The zero-order valence-corrected chi connectivity index (χ0v) is 16.7. The quantitative estimate of drug-likeness (QED) is 0.600. The SMILES string of the molecule is Cc1oc(C)c(C(=O)Nc2cccc(N3C(=O)c4ccccc4C3=O)c2)c1Br. The fourth-order valence-electron chi connectivity index (χ4n) is 3.26. The molecule has 2 heterocycles. The normalized spacial score (nSPS) is 13.0. The number of nitrogens with zero attached hydrogens (tertiary/aromatic N) is 1. The minimum Gasteiger partial charge on any atom is -0.465 e. The van der Waals surface area contributed by atoms with Crippen LogP contribution < -0.4 is 10.2 Å². The summed E-state index contributed by atoms with van der Waals surface area (Å²) in [4.78, 5) is 39.1. The molecule has 2 aromatic carbocycles. The second-order valence-corrected chi connectivity index (χ2v) is 7.19. The summed E-state index contributed by atoms with van der Waals surface area (Å²) < 4.78 is 6.06. The van der Waals surface area contributed by atoms with Gasteiger partial charge >= 0.3 is 0 Å². The molecule has 1 aliphatic heterocycles. The van der Waals surface area contributed by atoms with Gasteiger partial charge < -0.3 is 9.73 Å². The molecular formula is C21H15BrN2O4. The summed E-state index contributed by atoms with van der Waals surface area (Å²) in [6, 6.07) is 13.3. The maximum Gasteiger partial charge on any atom is 0.266 e. The molecule has 0 saturated carbocycles. The van der Waals surface area contributed by atoms with Gasteiger partial charge in [0.2, 0.25) is 0 Å². The molecule has 0 atom stereocenters. The van der Waals surface area contributed by atoms with Crippen molar-refractivity contribution < 1.29 is 18.8 Å². The molecule has 0 radical (unpaired) electrons. The van der Waals surface area contributed by atoms with Gasteiger partial charge in [0.05, 0.1) is 26.9 Å². The predicted molar refractivity (Wildman–Crippen MR) is 108 cm³/mol. The number of nitrogens with one attached hydrogen (secondary N) is 1. The largest absolute Gasteiger partial charge is 0.465 e. The van der Waals surface area contributed by atoms with E-state index in [1.54, 1.807) is 62.4 Å². The van der Waals surface area contributed by atoms with Gasteiger partial charge in [-0.2, -0.15) is 0 Å². The molecule has 0 unspecified atom stereocenters. The first kappa shape index (κ1) is 18.2. The van der Waals surface area contributed by atoms with Gasteiger partial charge in [0.25, 0.3) is 17.7 Å². The highest BCUT2D eigenvalue weighted by Crippen LogP contribution is 2.31. The first-order chi connectivity index (χ1) is 13.4. The number of imide groups is 1. The zero-order valence-electron chi connectivity index (χ0n) is 15.1. The van der Waals surface area contributed by atoms with Gasteiger partial charge in [0, 0.05) is 5.69 Å². The second kappa shape index (κ2) is 6.76. The van der Waals surface area contributed by atoms with Crippen molar-refractivity contribution in [3.05, 3.63) is 81.2 Å². The van der Waals surface area contributed by atoms with Crippen LogP contribution in [0.1, 0.15) is 42.6 Å². The number of carbonyl (C=O) groups excluding carboxylic acids is 3. The van der Waals surface area contributed by atoms with E-state index < -0.39 is 0 Å². The number of amides is 3. The highest BCUT2D eigenvalue weighted by Gasteiger charge is 2.36. The highest BCUT2D eigenvalue weighted by atomic mass is 79.9. The Morgan fingerprint density at radius 3 is 2.18 bits per heavy atom. The van der Waals surface area contributed by atoms with Crippen molar-refractivity contribution in [3.8, 4) is 0 Å². The highest BCUT2D eigenvalue weighted by molar-refractivity contribution is 9.10. The van der Waals surface area contributed by atoms with E-state index in [-0.39, 0.29) is 17.7 Å². The summed E-state index contributed by atoms with van der Waals surface area (Å²) in [5, 5.41) is 2.79. The van der Waals surface area contributed by atoms with E-state index in [9.17, 15) is 14.4 Å². The molecule has 3 amide bonds. The Labute approximate surface area is 169 Å². The third-order valence-corrected chi connectivity index (χ3v) is 5.53. The van der Waals surface area contributed by atoms with Gasteiger partial charge in [0.15, 0.2) is 0 Å². The molecule has 140 valence electrons. The molecule has 1 N–H and O–H groups in total. The van der Waals surface area contributed by atoms with E-state index in [1.165, 1.54) is 0 Å². The van der Waals surface area contributed by atoms with Crippen LogP contribution in [0.25, 0.3) is 0 Å². The monoisotopic (exact) mass is 438 g/mol. The minimum absolute atomic E-state index is 0.347. The first-order valence-corrected chi connectivity index (χ1v) is 9.32. The summed E-state index contributed by atoms with van der Waals surface area (Å²) in [6.45, 7) is 3.47. The van der Waals surface area contributed by atoms with Crippen molar-refractivity contribution >= 4 is 45.0 Å². The Balaban J connectivity index is 1.63. The van der Waals surface area contributed by atoms with Crippen LogP contribution in [0, 0.1) is 13.8 Å². The number of anilines is 2. The van der Waals surface area contributed by atoms with Crippen molar-refractivity contribution in [1.82, 2.24) is 0 Å². The Morgan fingerprint density at radius 1 is 0.964 bits per heavy atom. The van der Waals surface area contributed by atoms with Gasteiger partial charge in [-0.15, -0.1) is 0 Å². The zero-order chi connectivity index (χ0) is 20.0. The fraction of sp³-hybridized carbons (Fsp3) is 0.0952. The maximum atomic E-state index is 12.7. The van der Waals surface area contributed by atoms with E-state index in [2.05, 4.69) is 21.2 Å². The molecule has 0 aliphatic carbocycles. The maximum absolute atomic E-state index is 12.7. The molecule has 0 fully saturated rings. The molecule has 1 aliphatic rings. The number of furan rings is 1. The van der Waals surface area contributed by atoms with Crippen molar-refractivity contribution in [2.45, 2.75) is 13.8 Å². The molecule has 7 heteroatoms. The van der Waals surface area contributed by atoms with Crippen LogP contribution >= 0.6 is 15.9 Å². The summed E-state index contributed by atoms with van der Waals surface area (Å²) >= 11 is 3.36. The van der Waals surface area contributed by atoms with Crippen molar-refractivity contribution in [1.29, 1.82) is 0 Å². The topological polar surface area (TPSA) is 79.6 Å². The number of aryl methyl sites for hydroxylation is 2. The molecule has 6 nitrogen and oxygen atoms in total. The van der Waals surface area contributed by atoms with Crippen LogP contribution in [0.2, 0.25) is 0 Å². The first-order valence-electron chi connectivity index (χ1n) is 8.53. The Morgan fingerprint density at radius 2 is 1.61 bits per heavy atom. The van der Waals surface area contributed by atoms with Gasteiger partial charge in [0.1, 0.15) is 11.5 Å². The van der Waals surface area contributed by atoms with Crippen LogP contribution in [-0.2, 0) is 0 Å². The number of rotatable bonds is 3. The van der Waals surface area contributed by atoms with Crippen LogP contribution in [0.15, 0.2) is 57.4 Å². The van der Waals surface area contributed by atoms with E-state index in [0.29, 0.717) is 44.1 Å². The molecule has 4 rings (SSSR count). The average molecular weight is 439 g/mol. The van der Waals surface area contributed by atoms with Gasteiger partial charge in [-0.1, -0.05) is 18.2 Å². The number of benzene rings is 2. The van der Waals surface area contributed by atoms with Crippen molar-refractivity contribution in [3.63, 3.8) is 0 Å². The summed E-state index contributed by atoms with van der Waals surface area (Å²) in [5.41, 5.74) is 2.00. The van der Waals surface area contributed by atoms with E-state index >= 15 is 0 Å². The third kappa shape index (κ3) is 2.84. The minimum atomic E-state index is -0.381. The lowest BCUT2D eigenvalue weighted by Gasteiger charge is -2.15. The molecule has 0 saturated heterocycles.